The summed E-state index contributed by atoms with van der Waals surface area (Å²) in [5.41, 5.74) is 5.65. The van der Waals surface area contributed by atoms with Crippen LogP contribution in [-0.4, -0.2) is 28.4 Å². The molecule has 0 bridgehead atoms. The third kappa shape index (κ3) is 2.23. The van der Waals surface area contributed by atoms with Crippen LogP contribution in [0.5, 0.6) is 0 Å². The van der Waals surface area contributed by atoms with Gasteiger partial charge in [-0.1, -0.05) is 13.3 Å². The Bertz CT molecular complexity index is 277. The average molecular weight is 197 g/mol. The van der Waals surface area contributed by atoms with E-state index in [-0.39, 0.29) is 0 Å². The Morgan fingerprint density at radius 1 is 1.50 bits per heavy atom. The number of anilines is 1. The first-order valence-corrected chi connectivity index (χ1v) is 4.99. The van der Waals surface area contributed by atoms with Crippen LogP contribution in [0.3, 0.4) is 0 Å². The SMILES string of the molecule is CCC(CN)Cc1nnc(NC)n1C. The van der Waals surface area contributed by atoms with Crippen molar-refractivity contribution in [3.8, 4) is 0 Å². The minimum Gasteiger partial charge on any atom is -0.357 e. The van der Waals surface area contributed by atoms with Crippen molar-refractivity contribution in [2.24, 2.45) is 18.7 Å². The first-order chi connectivity index (χ1) is 6.72. The highest BCUT2D eigenvalue weighted by Crippen LogP contribution is 2.11. The van der Waals surface area contributed by atoms with Crippen LogP contribution in [0.1, 0.15) is 19.2 Å². The fourth-order valence-electron chi connectivity index (χ4n) is 1.41. The van der Waals surface area contributed by atoms with Crippen molar-refractivity contribution in [2.75, 3.05) is 18.9 Å². The van der Waals surface area contributed by atoms with Crippen LogP contribution in [-0.2, 0) is 13.5 Å². The van der Waals surface area contributed by atoms with E-state index in [4.69, 9.17) is 5.73 Å². The standard InChI is InChI=1S/C9H19N5/c1-4-7(6-10)5-8-12-13-9(11-2)14(8)3/h7H,4-6,10H2,1-3H3,(H,11,13). The molecule has 5 nitrogen and oxygen atoms in total. The summed E-state index contributed by atoms with van der Waals surface area (Å²) in [4.78, 5) is 0. The average Bonchev–Trinajstić information content (AvgIpc) is 2.56. The van der Waals surface area contributed by atoms with Gasteiger partial charge in [-0.05, 0) is 12.5 Å². The van der Waals surface area contributed by atoms with Gasteiger partial charge in [0.1, 0.15) is 5.82 Å². The molecule has 5 heteroatoms. The molecular formula is C9H19N5. The summed E-state index contributed by atoms with van der Waals surface area (Å²) in [6, 6.07) is 0. The highest BCUT2D eigenvalue weighted by molar-refractivity contribution is 5.23. The van der Waals surface area contributed by atoms with Gasteiger partial charge >= 0.3 is 0 Å². The zero-order valence-electron chi connectivity index (χ0n) is 9.12. The van der Waals surface area contributed by atoms with Crippen molar-refractivity contribution >= 4 is 5.95 Å². The zero-order chi connectivity index (χ0) is 10.6. The molecule has 0 saturated carbocycles. The minimum atomic E-state index is 0.502. The van der Waals surface area contributed by atoms with Crippen LogP contribution >= 0.6 is 0 Å². The Balaban J connectivity index is 2.71. The maximum atomic E-state index is 5.65. The van der Waals surface area contributed by atoms with E-state index in [9.17, 15) is 0 Å². The molecule has 1 aromatic heterocycles. The van der Waals surface area contributed by atoms with Crippen molar-refractivity contribution in [2.45, 2.75) is 19.8 Å². The summed E-state index contributed by atoms with van der Waals surface area (Å²) in [5, 5.41) is 11.1. The molecule has 1 aromatic rings. The highest BCUT2D eigenvalue weighted by Gasteiger charge is 2.11. The number of nitrogens with one attached hydrogen (secondary N) is 1. The van der Waals surface area contributed by atoms with Gasteiger partial charge in [-0.2, -0.15) is 0 Å². The second-order valence-corrected chi connectivity index (χ2v) is 3.46. The Labute approximate surface area is 84.7 Å². The van der Waals surface area contributed by atoms with Crippen molar-refractivity contribution in [1.29, 1.82) is 0 Å². The lowest BCUT2D eigenvalue weighted by Crippen LogP contribution is -2.18. The predicted molar refractivity (Wildman–Crippen MR) is 57.1 cm³/mol. The summed E-state index contributed by atoms with van der Waals surface area (Å²) in [6.07, 6.45) is 1.98. The third-order valence-corrected chi connectivity index (χ3v) is 2.57. The summed E-state index contributed by atoms with van der Waals surface area (Å²) < 4.78 is 1.97. The quantitative estimate of drug-likeness (QED) is 0.716. The molecule has 0 radical (unpaired) electrons. The molecule has 0 aliphatic rings. The largest absolute Gasteiger partial charge is 0.357 e. The van der Waals surface area contributed by atoms with Crippen LogP contribution in [0.2, 0.25) is 0 Å². The van der Waals surface area contributed by atoms with Gasteiger partial charge < -0.3 is 15.6 Å². The van der Waals surface area contributed by atoms with Crippen molar-refractivity contribution in [3.05, 3.63) is 5.82 Å². The molecule has 0 aliphatic heterocycles. The molecule has 0 aromatic carbocycles. The molecule has 3 N–H and O–H groups in total. The Hall–Kier alpha value is -1.10. The monoisotopic (exact) mass is 197 g/mol. The minimum absolute atomic E-state index is 0.502. The molecule has 1 rings (SSSR count). The highest BCUT2D eigenvalue weighted by atomic mass is 15.3. The summed E-state index contributed by atoms with van der Waals surface area (Å²) >= 11 is 0. The van der Waals surface area contributed by atoms with Crippen LogP contribution in [0.15, 0.2) is 0 Å². The summed E-state index contributed by atoms with van der Waals surface area (Å²) in [5.74, 6) is 2.29. The molecule has 0 spiro atoms. The fourth-order valence-corrected chi connectivity index (χ4v) is 1.41. The van der Waals surface area contributed by atoms with E-state index in [2.05, 4.69) is 22.4 Å². The van der Waals surface area contributed by atoms with E-state index in [1.807, 2.05) is 18.7 Å². The Kier molecular flexibility index (Phi) is 3.88. The Morgan fingerprint density at radius 3 is 2.64 bits per heavy atom. The summed E-state index contributed by atoms with van der Waals surface area (Å²) in [7, 11) is 3.80. The molecular weight excluding hydrogens is 178 g/mol. The van der Waals surface area contributed by atoms with E-state index >= 15 is 0 Å². The van der Waals surface area contributed by atoms with E-state index in [0.717, 1.165) is 24.6 Å². The normalized spacial score (nSPS) is 12.9. The van der Waals surface area contributed by atoms with Crippen molar-refractivity contribution < 1.29 is 0 Å². The molecule has 0 aliphatic carbocycles. The predicted octanol–water partition coefficient (Wildman–Crippen LogP) is 0.384. The fraction of sp³-hybridized carbons (Fsp3) is 0.778. The first kappa shape index (κ1) is 11.0. The zero-order valence-corrected chi connectivity index (χ0v) is 9.12. The van der Waals surface area contributed by atoms with E-state index in [1.165, 1.54) is 0 Å². The molecule has 1 atom stereocenters. The molecule has 1 unspecified atom stereocenters. The van der Waals surface area contributed by atoms with Gasteiger partial charge in [0.05, 0.1) is 0 Å². The molecule has 14 heavy (non-hydrogen) atoms. The molecule has 1 heterocycles. The van der Waals surface area contributed by atoms with Crippen LogP contribution in [0.25, 0.3) is 0 Å². The van der Waals surface area contributed by atoms with Crippen LogP contribution in [0, 0.1) is 5.92 Å². The van der Waals surface area contributed by atoms with Gasteiger partial charge in [0, 0.05) is 20.5 Å². The molecule has 0 fully saturated rings. The number of hydrogen-bond donors (Lipinski definition) is 2. The van der Waals surface area contributed by atoms with Crippen LogP contribution in [0.4, 0.5) is 5.95 Å². The third-order valence-electron chi connectivity index (χ3n) is 2.57. The molecule has 80 valence electrons. The Morgan fingerprint density at radius 2 is 2.21 bits per heavy atom. The first-order valence-electron chi connectivity index (χ1n) is 4.99. The number of hydrogen-bond acceptors (Lipinski definition) is 4. The molecule has 0 amide bonds. The second kappa shape index (κ2) is 4.95. The second-order valence-electron chi connectivity index (χ2n) is 3.46. The van der Waals surface area contributed by atoms with E-state index in [0.29, 0.717) is 12.5 Å². The maximum Gasteiger partial charge on any atom is 0.224 e. The lowest BCUT2D eigenvalue weighted by molar-refractivity contribution is 0.497. The van der Waals surface area contributed by atoms with Gasteiger partial charge in [-0.3, -0.25) is 0 Å². The summed E-state index contributed by atoms with van der Waals surface area (Å²) in [6.45, 7) is 2.85. The number of aromatic nitrogens is 3. The van der Waals surface area contributed by atoms with Gasteiger partial charge in [0.15, 0.2) is 0 Å². The maximum absolute atomic E-state index is 5.65. The van der Waals surface area contributed by atoms with Gasteiger partial charge in [-0.15, -0.1) is 10.2 Å². The van der Waals surface area contributed by atoms with Gasteiger partial charge in [0.25, 0.3) is 0 Å². The number of nitrogens with two attached hydrogens (primary N) is 1. The van der Waals surface area contributed by atoms with Gasteiger partial charge in [0.2, 0.25) is 5.95 Å². The smallest absolute Gasteiger partial charge is 0.224 e. The lowest BCUT2D eigenvalue weighted by atomic mass is 10.0. The number of nitrogens with zero attached hydrogens (tertiary/aromatic N) is 3. The van der Waals surface area contributed by atoms with Crippen LogP contribution < -0.4 is 11.1 Å². The van der Waals surface area contributed by atoms with Crippen molar-refractivity contribution in [3.63, 3.8) is 0 Å². The van der Waals surface area contributed by atoms with Gasteiger partial charge in [-0.25, -0.2) is 0 Å². The van der Waals surface area contributed by atoms with E-state index in [1.54, 1.807) is 0 Å². The lowest BCUT2D eigenvalue weighted by Gasteiger charge is -2.11. The number of rotatable bonds is 5. The van der Waals surface area contributed by atoms with Crippen molar-refractivity contribution in [1.82, 2.24) is 14.8 Å². The van der Waals surface area contributed by atoms with E-state index < -0.39 is 0 Å². The molecule has 0 saturated heterocycles. The topological polar surface area (TPSA) is 68.8 Å².